The van der Waals surface area contributed by atoms with Crippen molar-refractivity contribution in [2.24, 2.45) is 0 Å². The van der Waals surface area contributed by atoms with Crippen LogP contribution in [-0.2, 0) is 11.3 Å². The van der Waals surface area contributed by atoms with E-state index in [0.29, 0.717) is 18.9 Å². The van der Waals surface area contributed by atoms with Crippen LogP contribution in [0.1, 0.15) is 24.8 Å². The maximum absolute atomic E-state index is 9.95. The Morgan fingerprint density at radius 3 is 2.81 bits per heavy atom. The fourth-order valence-corrected chi connectivity index (χ4v) is 2.59. The summed E-state index contributed by atoms with van der Waals surface area (Å²) in [5.74, 6) is 1.44. The maximum Gasteiger partial charge on any atom is 0.166 e. The molecule has 1 aromatic rings. The van der Waals surface area contributed by atoms with Crippen molar-refractivity contribution in [3.8, 4) is 11.5 Å². The van der Waals surface area contributed by atoms with E-state index >= 15 is 0 Å². The Balaban J connectivity index is 2.08. The van der Waals surface area contributed by atoms with Crippen molar-refractivity contribution in [3.05, 3.63) is 23.8 Å². The molecule has 5 heteroatoms. The number of ether oxygens (including phenoxy) is 3. The lowest BCUT2D eigenvalue weighted by Gasteiger charge is -2.21. The molecule has 0 aromatic heterocycles. The lowest BCUT2D eigenvalue weighted by atomic mass is 10.1. The molecule has 118 valence electrons. The lowest BCUT2D eigenvalue weighted by molar-refractivity contribution is 0.0579. The second-order valence-electron chi connectivity index (χ2n) is 5.27. The average Bonchev–Trinajstić information content (AvgIpc) is 2.90. The molecular formula is C16H25NO4. The molecule has 0 amide bonds. The van der Waals surface area contributed by atoms with E-state index in [1.165, 1.54) is 0 Å². The highest BCUT2D eigenvalue weighted by Gasteiger charge is 2.28. The molecule has 2 atom stereocenters. The zero-order chi connectivity index (χ0) is 15.1. The van der Waals surface area contributed by atoms with Gasteiger partial charge >= 0.3 is 0 Å². The van der Waals surface area contributed by atoms with E-state index in [4.69, 9.17) is 14.2 Å². The Labute approximate surface area is 126 Å². The Kier molecular flexibility index (Phi) is 6.29. The number of hydrogen-bond donors (Lipinski definition) is 2. The predicted octanol–water partition coefficient (Wildman–Crippen LogP) is 1.72. The Morgan fingerprint density at radius 2 is 2.14 bits per heavy atom. The van der Waals surface area contributed by atoms with Gasteiger partial charge in [0.1, 0.15) is 6.10 Å². The van der Waals surface area contributed by atoms with Crippen molar-refractivity contribution in [2.75, 3.05) is 27.4 Å². The Morgan fingerprint density at radius 1 is 1.29 bits per heavy atom. The van der Waals surface area contributed by atoms with Crippen molar-refractivity contribution < 1.29 is 19.3 Å². The molecule has 0 spiro atoms. The van der Waals surface area contributed by atoms with Gasteiger partial charge in [-0.05, 0) is 25.3 Å². The third kappa shape index (κ3) is 4.33. The van der Waals surface area contributed by atoms with Gasteiger partial charge in [-0.15, -0.1) is 0 Å². The summed E-state index contributed by atoms with van der Waals surface area (Å²) in [5.41, 5.74) is 1.03. The number of rotatable bonds is 8. The number of benzene rings is 1. The van der Waals surface area contributed by atoms with Crippen molar-refractivity contribution in [1.82, 2.24) is 5.32 Å². The second kappa shape index (κ2) is 8.22. The minimum atomic E-state index is -0.385. The van der Waals surface area contributed by atoms with E-state index in [-0.39, 0.29) is 12.2 Å². The van der Waals surface area contributed by atoms with Crippen molar-refractivity contribution in [3.63, 3.8) is 0 Å². The number of nitrogens with one attached hydrogen (secondary N) is 1. The van der Waals surface area contributed by atoms with Crippen LogP contribution >= 0.6 is 0 Å². The summed E-state index contributed by atoms with van der Waals surface area (Å²) in [4.78, 5) is 0. The van der Waals surface area contributed by atoms with E-state index < -0.39 is 0 Å². The molecule has 21 heavy (non-hydrogen) atoms. The molecule has 1 fully saturated rings. The standard InChI is InChI=1S/C16H25NO4/c1-19-10-9-17-11-12-5-3-8-15(20-2)16(12)21-14-7-4-6-13(14)18/h3,5,8,13-14,17-18H,4,6-7,9-11H2,1-2H3. The summed E-state index contributed by atoms with van der Waals surface area (Å²) in [6.07, 6.45) is 2.17. The van der Waals surface area contributed by atoms with E-state index in [0.717, 1.165) is 37.1 Å². The van der Waals surface area contributed by atoms with E-state index in [2.05, 4.69) is 5.32 Å². The molecule has 0 bridgehead atoms. The van der Waals surface area contributed by atoms with E-state index in [9.17, 15) is 5.11 Å². The first-order chi connectivity index (χ1) is 10.3. The normalized spacial score (nSPS) is 21.5. The van der Waals surface area contributed by atoms with Crippen LogP contribution in [0.2, 0.25) is 0 Å². The Hall–Kier alpha value is -1.30. The molecule has 0 aliphatic heterocycles. The van der Waals surface area contributed by atoms with Crippen molar-refractivity contribution in [1.29, 1.82) is 0 Å². The van der Waals surface area contributed by atoms with Gasteiger partial charge in [0.15, 0.2) is 11.5 Å². The van der Waals surface area contributed by atoms with Gasteiger partial charge in [-0.3, -0.25) is 0 Å². The number of para-hydroxylation sites is 1. The predicted molar refractivity (Wildman–Crippen MR) is 80.9 cm³/mol. The first-order valence-corrected chi connectivity index (χ1v) is 7.46. The molecule has 2 N–H and O–H groups in total. The van der Waals surface area contributed by atoms with Gasteiger partial charge in [0, 0.05) is 25.8 Å². The minimum absolute atomic E-state index is 0.140. The fraction of sp³-hybridized carbons (Fsp3) is 0.625. The molecular weight excluding hydrogens is 270 g/mol. The summed E-state index contributed by atoms with van der Waals surface area (Å²) >= 11 is 0. The molecule has 0 radical (unpaired) electrons. The highest BCUT2D eigenvalue weighted by Crippen LogP contribution is 2.34. The van der Waals surface area contributed by atoms with E-state index in [1.54, 1.807) is 14.2 Å². The topological polar surface area (TPSA) is 60.0 Å². The Bertz CT molecular complexity index is 438. The highest BCUT2D eigenvalue weighted by atomic mass is 16.5. The molecule has 1 saturated carbocycles. The van der Waals surface area contributed by atoms with Crippen LogP contribution < -0.4 is 14.8 Å². The van der Waals surface area contributed by atoms with Gasteiger partial charge in [-0.1, -0.05) is 12.1 Å². The zero-order valence-electron chi connectivity index (χ0n) is 12.8. The zero-order valence-corrected chi connectivity index (χ0v) is 12.8. The number of aliphatic hydroxyl groups excluding tert-OH is 1. The maximum atomic E-state index is 9.95. The van der Waals surface area contributed by atoms with Gasteiger partial charge < -0.3 is 24.6 Å². The third-order valence-corrected chi connectivity index (χ3v) is 3.77. The number of aliphatic hydroxyl groups is 1. The first-order valence-electron chi connectivity index (χ1n) is 7.46. The fourth-order valence-electron chi connectivity index (χ4n) is 2.59. The minimum Gasteiger partial charge on any atom is -0.493 e. The van der Waals surface area contributed by atoms with Gasteiger partial charge in [0.2, 0.25) is 0 Å². The van der Waals surface area contributed by atoms with E-state index in [1.807, 2.05) is 18.2 Å². The summed E-state index contributed by atoms with van der Waals surface area (Å²) in [6, 6.07) is 5.85. The summed E-state index contributed by atoms with van der Waals surface area (Å²) in [5, 5.41) is 13.3. The molecule has 1 aromatic carbocycles. The number of methoxy groups -OCH3 is 2. The van der Waals surface area contributed by atoms with Crippen LogP contribution in [0, 0.1) is 0 Å². The summed E-state index contributed by atoms with van der Waals surface area (Å²) < 4.78 is 16.5. The average molecular weight is 295 g/mol. The van der Waals surface area contributed by atoms with Gasteiger partial charge in [-0.25, -0.2) is 0 Å². The van der Waals surface area contributed by atoms with Crippen molar-refractivity contribution in [2.45, 2.75) is 38.0 Å². The summed E-state index contributed by atoms with van der Waals surface area (Å²) in [7, 11) is 3.32. The molecule has 1 aliphatic rings. The highest BCUT2D eigenvalue weighted by molar-refractivity contribution is 5.46. The largest absolute Gasteiger partial charge is 0.493 e. The third-order valence-electron chi connectivity index (χ3n) is 3.77. The molecule has 1 aliphatic carbocycles. The quantitative estimate of drug-likeness (QED) is 0.715. The molecule has 5 nitrogen and oxygen atoms in total. The van der Waals surface area contributed by atoms with Gasteiger partial charge in [0.05, 0.1) is 19.8 Å². The molecule has 0 saturated heterocycles. The smallest absolute Gasteiger partial charge is 0.166 e. The first kappa shape index (κ1) is 16.1. The monoisotopic (exact) mass is 295 g/mol. The van der Waals surface area contributed by atoms with Crippen LogP contribution in [0.4, 0.5) is 0 Å². The second-order valence-corrected chi connectivity index (χ2v) is 5.27. The lowest BCUT2D eigenvalue weighted by Crippen LogP contribution is -2.27. The van der Waals surface area contributed by atoms with Gasteiger partial charge in [-0.2, -0.15) is 0 Å². The summed E-state index contributed by atoms with van der Waals surface area (Å²) in [6.45, 7) is 2.12. The van der Waals surface area contributed by atoms with Crippen LogP contribution in [-0.4, -0.2) is 44.7 Å². The van der Waals surface area contributed by atoms with Crippen molar-refractivity contribution >= 4 is 0 Å². The number of hydrogen-bond acceptors (Lipinski definition) is 5. The van der Waals surface area contributed by atoms with Crippen LogP contribution in [0.15, 0.2) is 18.2 Å². The molecule has 2 rings (SSSR count). The molecule has 2 unspecified atom stereocenters. The van der Waals surface area contributed by atoms with Crippen LogP contribution in [0.3, 0.4) is 0 Å². The molecule has 0 heterocycles. The van der Waals surface area contributed by atoms with Gasteiger partial charge in [0.25, 0.3) is 0 Å². The SMILES string of the molecule is COCCNCc1cccc(OC)c1OC1CCCC1O. The van der Waals surface area contributed by atoms with Crippen LogP contribution in [0.25, 0.3) is 0 Å². The van der Waals surface area contributed by atoms with Crippen LogP contribution in [0.5, 0.6) is 11.5 Å².